The molecule has 96 valence electrons. The van der Waals surface area contributed by atoms with Gasteiger partial charge in [0.05, 0.1) is 0 Å². The van der Waals surface area contributed by atoms with Gasteiger partial charge in [-0.2, -0.15) is 0 Å². The van der Waals surface area contributed by atoms with Crippen molar-refractivity contribution in [2.24, 2.45) is 0 Å². The number of rotatable bonds is 5. The summed E-state index contributed by atoms with van der Waals surface area (Å²) in [5.74, 6) is 0.485. The van der Waals surface area contributed by atoms with Crippen molar-refractivity contribution in [2.75, 3.05) is 11.9 Å². The van der Waals surface area contributed by atoms with E-state index in [1.165, 1.54) is 0 Å². The molecule has 0 aliphatic heterocycles. The summed E-state index contributed by atoms with van der Waals surface area (Å²) < 4.78 is 5.47. The number of benzene rings is 2. The quantitative estimate of drug-likeness (QED) is 0.830. The van der Waals surface area contributed by atoms with Crippen LogP contribution >= 0.6 is 0 Å². The molecule has 0 aromatic heterocycles. The largest absolute Gasteiger partial charge is 0.489 e. The van der Waals surface area contributed by atoms with Crippen LogP contribution in [0.4, 0.5) is 5.69 Å². The van der Waals surface area contributed by atoms with E-state index in [0.717, 1.165) is 11.4 Å². The predicted molar refractivity (Wildman–Crippen MR) is 76.1 cm³/mol. The summed E-state index contributed by atoms with van der Waals surface area (Å²) in [6, 6.07) is 18.6. The summed E-state index contributed by atoms with van der Waals surface area (Å²) in [4.78, 5) is 11.8. The minimum Gasteiger partial charge on any atom is -0.489 e. The highest BCUT2D eigenvalue weighted by Gasteiger charge is 2.07. The van der Waals surface area contributed by atoms with Crippen molar-refractivity contribution in [2.45, 2.75) is 0 Å². The van der Waals surface area contributed by atoms with Crippen molar-refractivity contribution in [3.63, 3.8) is 0 Å². The number of hydrogen-bond acceptors (Lipinski definition) is 2. The van der Waals surface area contributed by atoms with E-state index in [2.05, 4.69) is 11.9 Å². The molecule has 0 saturated heterocycles. The molecule has 2 aromatic rings. The van der Waals surface area contributed by atoms with Gasteiger partial charge in [0.15, 0.2) is 0 Å². The summed E-state index contributed by atoms with van der Waals surface area (Å²) in [5.41, 5.74) is 1.13. The molecule has 0 bridgehead atoms. The number of amides is 1. The second-order valence-corrected chi connectivity index (χ2v) is 4.03. The number of carbonyl (C=O) groups is 1. The Balaban J connectivity index is 1.85. The topological polar surface area (TPSA) is 38.3 Å². The number of ether oxygens (including phenoxy) is 1. The third-order valence-electron chi connectivity index (χ3n) is 2.51. The molecule has 1 amide bonds. The van der Waals surface area contributed by atoms with Crippen LogP contribution in [0.1, 0.15) is 0 Å². The van der Waals surface area contributed by atoms with Gasteiger partial charge in [-0.05, 0) is 24.3 Å². The normalized spacial score (nSPS) is 9.68. The van der Waals surface area contributed by atoms with Gasteiger partial charge in [0.2, 0.25) is 0 Å². The van der Waals surface area contributed by atoms with Gasteiger partial charge in [0, 0.05) is 11.3 Å². The van der Waals surface area contributed by atoms with Gasteiger partial charge >= 0.3 is 0 Å². The van der Waals surface area contributed by atoms with Crippen LogP contribution in [-0.2, 0) is 4.79 Å². The molecule has 0 unspecified atom stereocenters. The molecule has 2 aromatic carbocycles. The molecule has 0 saturated carbocycles. The molecule has 1 N–H and O–H groups in total. The predicted octanol–water partition coefficient (Wildman–Crippen LogP) is 3.26. The highest BCUT2D eigenvalue weighted by Crippen LogP contribution is 2.11. The molecule has 0 spiro atoms. The number of nitrogens with one attached hydrogen (secondary N) is 1. The molecule has 19 heavy (non-hydrogen) atoms. The summed E-state index contributed by atoms with van der Waals surface area (Å²) >= 11 is 0. The molecule has 0 atom stereocenters. The molecular weight excluding hydrogens is 238 g/mol. The Bertz CT molecular complexity index is 549. The zero-order valence-corrected chi connectivity index (χ0v) is 10.5. The lowest BCUT2D eigenvalue weighted by Crippen LogP contribution is -2.18. The van der Waals surface area contributed by atoms with E-state index < -0.39 is 0 Å². The van der Waals surface area contributed by atoms with Gasteiger partial charge in [-0.1, -0.05) is 43.0 Å². The highest BCUT2D eigenvalue weighted by atomic mass is 16.5. The fraction of sp³-hybridized carbons (Fsp3) is 0.0625. The van der Waals surface area contributed by atoms with Gasteiger partial charge in [-0.25, -0.2) is 0 Å². The average molecular weight is 253 g/mol. The maximum atomic E-state index is 11.8. The Morgan fingerprint density at radius 2 is 1.58 bits per heavy atom. The van der Waals surface area contributed by atoms with Crippen LogP contribution in [0.5, 0.6) is 5.75 Å². The minimum absolute atomic E-state index is 0.169. The highest BCUT2D eigenvalue weighted by molar-refractivity contribution is 6.03. The van der Waals surface area contributed by atoms with E-state index in [-0.39, 0.29) is 12.5 Å². The van der Waals surface area contributed by atoms with Crippen LogP contribution in [0.3, 0.4) is 0 Å². The molecule has 0 aliphatic rings. The van der Waals surface area contributed by atoms with E-state index in [0.29, 0.717) is 5.57 Å². The zero-order valence-electron chi connectivity index (χ0n) is 10.5. The molecule has 0 fully saturated rings. The Hall–Kier alpha value is -2.55. The SMILES string of the molecule is C=C(COc1ccccc1)C(=O)Nc1ccccc1. The van der Waals surface area contributed by atoms with Crippen LogP contribution in [0.15, 0.2) is 72.8 Å². The number of carbonyl (C=O) groups excluding carboxylic acids is 1. The van der Waals surface area contributed by atoms with Crippen LogP contribution in [-0.4, -0.2) is 12.5 Å². The maximum Gasteiger partial charge on any atom is 0.254 e. The van der Waals surface area contributed by atoms with E-state index >= 15 is 0 Å². The third-order valence-corrected chi connectivity index (χ3v) is 2.51. The Morgan fingerprint density at radius 1 is 1.00 bits per heavy atom. The van der Waals surface area contributed by atoms with Crippen LogP contribution in [0, 0.1) is 0 Å². The molecule has 3 heteroatoms. The smallest absolute Gasteiger partial charge is 0.254 e. The summed E-state index contributed by atoms with van der Waals surface area (Å²) in [6.07, 6.45) is 0. The van der Waals surface area contributed by atoms with Gasteiger partial charge in [-0.15, -0.1) is 0 Å². The number of hydrogen-bond donors (Lipinski definition) is 1. The van der Waals surface area contributed by atoms with Gasteiger partial charge in [0.1, 0.15) is 12.4 Å². The van der Waals surface area contributed by atoms with Crippen LogP contribution < -0.4 is 10.1 Å². The first-order valence-electron chi connectivity index (χ1n) is 5.98. The Labute approximate surface area is 112 Å². The number of anilines is 1. The molecule has 3 nitrogen and oxygen atoms in total. The van der Waals surface area contributed by atoms with Gasteiger partial charge in [-0.3, -0.25) is 4.79 Å². The molecule has 0 aliphatic carbocycles. The average Bonchev–Trinajstić information content (AvgIpc) is 2.47. The van der Waals surface area contributed by atoms with Crippen molar-refractivity contribution in [1.82, 2.24) is 0 Å². The van der Waals surface area contributed by atoms with Gasteiger partial charge in [0.25, 0.3) is 5.91 Å². The van der Waals surface area contributed by atoms with E-state index in [1.54, 1.807) is 0 Å². The Kier molecular flexibility index (Phi) is 4.34. The summed E-state index contributed by atoms with van der Waals surface area (Å²) in [5, 5.41) is 2.76. The van der Waals surface area contributed by atoms with Crippen LogP contribution in [0.25, 0.3) is 0 Å². The maximum absolute atomic E-state index is 11.8. The van der Waals surface area contributed by atoms with E-state index in [1.807, 2.05) is 60.7 Å². The van der Waals surface area contributed by atoms with E-state index in [4.69, 9.17) is 4.74 Å². The molecular formula is C16H15NO2. The monoisotopic (exact) mass is 253 g/mol. The lowest BCUT2D eigenvalue weighted by molar-refractivity contribution is -0.113. The van der Waals surface area contributed by atoms with Crippen LogP contribution in [0.2, 0.25) is 0 Å². The van der Waals surface area contributed by atoms with Crippen molar-refractivity contribution >= 4 is 11.6 Å². The standard InChI is InChI=1S/C16H15NO2/c1-13(12-19-15-10-6-3-7-11-15)16(18)17-14-8-4-2-5-9-14/h2-11H,1,12H2,(H,17,18). The first-order valence-corrected chi connectivity index (χ1v) is 5.98. The van der Waals surface area contributed by atoms with Crippen molar-refractivity contribution in [3.05, 3.63) is 72.8 Å². The zero-order chi connectivity index (χ0) is 13.5. The second kappa shape index (κ2) is 6.40. The van der Waals surface area contributed by atoms with E-state index in [9.17, 15) is 4.79 Å². The van der Waals surface area contributed by atoms with Gasteiger partial charge < -0.3 is 10.1 Å². The fourth-order valence-electron chi connectivity index (χ4n) is 1.49. The van der Waals surface area contributed by atoms with Crippen molar-refractivity contribution in [1.29, 1.82) is 0 Å². The molecule has 0 heterocycles. The fourth-order valence-corrected chi connectivity index (χ4v) is 1.49. The molecule has 2 rings (SSSR count). The Morgan fingerprint density at radius 3 is 2.21 bits per heavy atom. The summed E-state index contributed by atoms with van der Waals surface area (Å²) in [6.45, 7) is 3.90. The summed E-state index contributed by atoms with van der Waals surface area (Å²) in [7, 11) is 0. The molecule has 0 radical (unpaired) electrons. The first kappa shape index (κ1) is 12.9. The van der Waals surface area contributed by atoms with Crippen molar-refractivity contribution in [3.8, 4) is 5.75 Å². The third kappa shape index (κ3) is 4.00. The minimum atomic E-state index is -0.234. The lowest BCUT2D eigenvalue weighted by Gasteiger charge is -2.09. The lowest BCUT2D eigenvalue weighted by atomic mass is 10.2. The second-order valence-electron chi connectivity index (χ2n) is 4.03. The first-order chi connectivity index (χ1) is 9.25. The van der Waals surface area contributed by atoms with Crippen molar-refractivity contribution < 1.29 is 9.53 Å². The number of para-hydroxylation sites is 2.